The molecule has 0 aromatic carbocycles. The molecule has 0 spiro atoms. The minimum absolute atomic E-state index is 0.0141. The van der Waals surface area contributed by atoms with Gasteiger partial charge in [0, 0.05) is 32.7 Å². The van der Waals surface area contributed by atoms with Crippen molar-refractivity contribution in [2.45, 2.75) is 246 Å². The van der Waals surface area contributed by atoms with Gasteiger partial charge in [-0.1, -0.05) is 95.9 Å². The van der Waals surface area contributed by atoms with Crippen LogP contribution in [0.3, 0.4) is 0 Å². The number of primary amides is 1. The van der Waals surface area contributed by atoms with Crippen molar-refractivity contribution < 1.29 is 57.5 Å². The molecule has 0 aromatic rings. The Labute approximate surface area is 622 Å². The van der Waals surface area contributed by atoms with Gasteiger partial charge in [-0.05, 0) is 113 Å². The summed E-state index contributed by atoms with van der Waals surface area (Å²) < 4.78 is 0. The van der Waals surface area contributed by atoms with Crippen LogP contribution in [-0.2, 0) is 57.5 Å². The largest absolute Gasteiger partial charge is 0.370 e. The lowest BCUT2D eigenvalue weighted by atomic mass is 9.94. The molecule has 0 aliphatic rings. The minimum atomic E-state index is -1.40. The van der Waals surface area contributed by atoms with Crippen molar-refractivity contribution in [3.05, 3.63) is 0 Å². The molecule has 0 saturated carbocycles. The Hall–Kier alpha value is -10.0. The van der Waals surface area contributed by atoms with Crippen molar-refractivity contribution in [1.29, 1.82) is 0 Å². The summed E-state index contributed by atoms with van der Waals surface area (Å²) in [6.45, 7) is 22.2. The van der Waals surface area contributed by atoms with E-state index in [2.05, 4.69) is 83.4 Å². The summed E-state index contributed by atoms with van der Waals surface area (Å²) in [5.74, 6) is -13.7. The number of nitrogens with one attached hydrogen (secondary N) is 11. The van der Waals surface area contributed by atoms with Crippen LogP contribution in [0, 0.1) is 35.5 Å². The van der Waals surface area contributed by atoms with Crippen molar-refractivity contribution in [3.8, 4) is 0 Å². The molecule has 35 N–H and O–H groups in total. The highest BCUT2D eigenvalue weighted by molar-refractivity contribution is 6.00. The summed E-state index contributed by atoms with van der Waals surface area (Å²) >= 11 is 0. The fraction of sp³-hybridized carbons (Fsp3) is 0.742. The van der Waals surface area contributed by atoms with Gasteiger partial charge in [0.15, 0.2) is 29.8 Å². The molecule has 0 aromatic heterocycles. The van der Waals surface area contributed by atoms with E-state index in [9.17, 15) is 57.5 Å². The highest BCUT2D eigenvalue weighted by atomic mass is 16.2. The molecule has 0 bridgehead atoms. The van der Waals surface area contributed by atoms with E-state index in [4.69, 9.17) is 68.8 Å². The summed E-state index contributed by atoms with van der Waals surface area (Å²) in [6.07, 6.45) is 1.94. The second kappa shape index (κ2) is 50.4. The molecule has 0 radical (unpaired) electrons. The Morgan fingerprint density at radius 1 is 0.283 bits per heavy atom. The number of guanidine groups is 5. The Kier molecular flexibility index (Phi) is 45.6. The van der Waals surface area contributed by atoms with Crippen molar-refractivity contribution in [1.82, 2.24) is 58.5 Å². The third-order valence-electron chi connectivity index (χ3n) is 17.1. The van der Waals surface area contributed by atoms with Crippen LogP contribution in [0.25, 0.3) is 0 Å². The Morgan fingerprint density at radius 2 is 0.528 bits per heavy atom. The van der Waals surface area contributed by atoms with Gasteiger partial charge in [0.05, 0.1) is 6.04 Å². The van der Waals surface area contributed by atoms with E-state index in [1.54, 1.807) is 69.2 Å². The Bertz CT molecular complexity index is 3000. The molecule has 0 heterocycles. The maximum absolute atomic E-state index is 14.7. The first kappa shape index (κ1) is 96.0. The highest BCUT2D eigenvalue weighted by Crippen LogP contribution is 2.17. The highest BCUT2D eigenvalue weighted by Gasteiger charge is 2.39. The van der Waals surface area contributed by atoms with Crippen molar-refractivity contribution in [2.24, 2.45) is 129 Å². The lowest BCUT2D eigenvalue weighted by molar-refractivity contribution is -0.138. The predicted octanol–water partition coefficient (Wildman–Crippen LogP) is -6.47. The number of carbonyl (C=O) groups is 12. The molecule has 0 aliphatic carbocycles. The average Bonchev–Trinajstić information content (AvgIpc) is 0.844. The van der Waals surface area contributed by atoms with Gasteiger partial charge in [0.1, 0.15) is 66.5 Å². The van der Waals surface area contributed by atoms with Crippen molar-refractivity contribution in [2.75, 3.05) is 32.7 Å². The maximum Gasteiger partial charge on any atom is 0.243 e. The van der Waals surface area contributed by atoms with Crippen LogP contribution in [0.15, 0.2) is 25.0 Å². The second-order valence-electron chi connectivity index (χ2n) is 27.9. The molecule has 0 aliphatic heterocycles. The van der Waals surface area contributed by atoms with E-state index in [1.165, 1.54) is 6.92 Å². The molecule has 14 atom stereocenters. The van der Waals surface area contributed by atoms with E-state index in [-0.39, 0.29) is 133 Å². The van der Waals surface area contributed by atoms with E-state index in [1.807, 2.05) is 13.8 Å². The first-order valence-corrected chi connectivity index (χ1v) is 36.2. The van der Waals surface area contributed by atoms with E-state index < -0.39 is 173 Å². The molecule has 40 heteroatoms. The van der Waals surface area contributed by atoms with Crippen LogP contribution in [0.4, 0.5) is 0 Å². The monoisotopic (exact) mass is 1510 g/mol. The van der Waals surface area contributed by atoms with Gasteiger partial charge in [-0.3, -0.25) is 82.5 Å². The molecule has 106 heavy (non-hydrogen) atoms. The topological polar surface area (TPSA) is 711 Å². The van der Waals surface area contributed by atoms with Gasteiger partial charge in [-0.15, -0.1) is 0 Å². The summed E-state index contributed by atoms with van der Waals surface area (Å²) in [5, 5.41) is 29.6. The number of carbonyl (C=O) groups excluding carboxylic acids is 12. The SMILES string of the molecule is CC[C@H](C)[C@H](NC(=O)[C@H](CCCN=C(N)N)NC(=O)[C@H](C)NC(=O)[C@H](CC(C)C)NC(=O)[C@@H](N)CCCN=C(N)N)C(=O)N[C@H](C(=O)N[C@H](C(=O)N[C@H](C(=O)N[C@@H](CCCN=C(N)N)C(=O)N[C@H](C(=O)N[C@@H](CCCN=C(N)N)C(=O)N[C@@H](CCCN=C(N)N)C(N)=O)C(C)C)[C@@H](C)CC)C(C)C)C(C)C. The fourth-order valence-electron chi connectivity index (χ4n) is 10.5. The third-order valence-corrected chi connectivity index (χ3v) is 17.1. The smallest absolute Gasteiger partial charge is 0.243 e. The standard InChI is InChI=1S/C66H128N28O12/c1-14-36(11)48(60(105)88-43(25-20-30-83-66(77)78)54(99)90-45(33(5)6)57(102)87-41(23-18-28-81-64(73)74)53(98)85-40(50(68)95)22-17-27-80-63(71)72)94-59(104)47(35(9)10)91-58(103)46(34(7)8)92-61(106)49(37(12)15-2)93-55(100)42(24-19-29-82-65(75)76)86-51(96)38(13)84-56(101)44(31-32(3)4)89-52(97)39(67)21-16-26-79-62(69)70/h32-49H,14-31,67H2,1-13H3,(H2,68,95)(H,84,101)(H,85,98)(H,86,96)(H,87,102)(H,88,105)(H,89,97)(H,90,99)(H,91,103)(H,92,106)(H,93,100)(H,94,104)(H4,69,70,79)(H4,71,72,80)(H4,73,74,81)(H4,75,76,82)(H4,77,78,83)/t36-,37-,38-,39-,40-,41-,42-,43-,44-,45-,46-,47-,48-,49-/m0/s1. The normalized spacial score (nSPS) is 15.1. The number of nitrogens with zero attached hydrogens (tertiary/aromatic N) is 5. The number of amides is 12. The van der Waals surface area contributed by atoms with Gasteiger partial charge in [0.25, 0.3) is 0 Å². The zero-order chi connectivity index (χ0) is 81.2. The second-order valence-corrected chi connectivity index (χ2v) is 27.9. The first-order chi connectivity index (χ1) is 49.5. The van der Waals surface area contributed by atoms with Crippen molar-refractivity contribution in [3.63, 3.8) is 0 Å². The van der Waals surface area contributed by atoms with Crippen molar-refractivity contribution >= 4 is 101 Å². The lowest BCUT2D eigenvalue weighted by Crippen LogP contribution is -2.63. The fourth-order valence-corrected chi connectivity index (χ4v) is 10.5. The average molecular weight is 1510 g/mol. The Morgan fingerprint density at radius 3 is 0.849 bits per heavy atom. The number of nitrogens with two attached hydrogens (primary N) is 12. The van der Waals surface area contributed by atoms with Gasteiger partial charge in [0.2, 0.25) is 70.9 Å². The number of hydrogen-bond acceptors (Lipinski definition) is 18. The summed E-state index contributed by atoms with van der Waals surface area (Å²) in [6, 6.07) is -15.3. The third kappa shape index (κ3) is 38.6. The van der Waals surface area contributed by atoms with Crippen LogP contribution in [-0.4, -0.2) is 206 Å². The molecule has 12 amide bonds. The number of aliphatic imine (C=N–C) groups is 5. The summed E-state index contributed by atoms with van der Waals surface area (Å²) in [7, 11) is 0. The molecule has 0 fully saturated rings. The molecular weight excluding hydrogens is 1380 g/mol. The van der Waals surface area contributed by atoms with Crippen LogP contribution < -0.4 is 127 Å². The van der Waals surface area contributed by atoms with Crippen LogP contribution >= 0.6 is 0 Å². The number of rotatable bonds is 52. The predicted molar refractivity (Wildman–Crippen MR) is 407 cm³/mol. The molecule has 0 saturated heterocycles. The van der Waals surface area contributed by atoms with E-state index in [0.29, 0.717) is 19.3 Å². The van der Waals surface area contributed by atoms with Gasteiger partial charge in [-0.25, -0.2) is 0 Å². The first-order valence-electron chi connectivity index (χ1n) is 36.2. The zero-order valence-electron chi connectivity index (χ0n) is 64.2. The van der Waals surface area contributed by atoms with Crippen LogP contribution in [0.2, 0.25) is 0 Å². The zero-order valence-corrected chi connectivity index (χ0v) is 64.2. The molecule has 0 rings (SSSR count). The van der Waals surface area contributed by atoms with E-state index in [0.717, 1.165) is 0 Å². The van der Waals surface area contributed by atoms with Gasteiger partial charge < -0.3 is 127 Å². The molecule has 0 unspecified atom stereocenters. The number of hydrogen-bond donors (Lipinski definition) is 23. The molecular formula is C66H128N28O12. The van der Waals surface area contributed by atoms with Crippen LogP contribution in [0.1, 0.15) is 173 Å². The van der Waals surface area contributed by atoms with Crippen LogP contribution in [0.5, 0.6) is 0 Å². The molecule has 604 valence electrons. The lowest BCUT2D eigenvalue weighted by Gasteiger charge is -2.32. The van der Waals surface area contributed by atoms with Gasteiger partial charge >= 0.3 is 0 Å². The maximum atomic E-state index is 14.7. The minimum Gasteiger partial charge on any atom is -0.370 e. The van der Waals surface area contributed by atoms with Gasteiger partial charge in [-0.2, -0.15) is 0 Å². The summed E-state index contributed by atoms with van der Waals surface area (Å²) in [5.41, 5.74) is 66.7. The quantitative estimate of drug-likeness (QED) is 0.0153. The van der Waals surface area contributed by atoms with E-state index >= 15 is 0 Å². The molecule has 40 nitrogen and oxygen atoms in total. The summed E-state index contributed by atoms with van der Waals surface area (Å²) in [4.78, 5) is 188. The Balaban J connectivity index is 7.03.